The van der Waals surface area contributed by atoms with E-state index in [1.165, 1.54) is 19.6 Å². The van der Waals surface area contributed by atoms with Crippen molar-refractivity contribution < 1.29 is 17.9 Å². The van der Waals surface area contributed by atoms with Crippen molar-refractivity contribution in [2.45, 2.75) is 40.3 Å². The Bertz CT molecular complexity index is 855. The minimum absolute atomic E-state index is 0.124. The van der Waals surface area contributed by atoms with E-state index in [4.69, 9.17) is 10.5 Å². The number of hydrogen-bond donors (Lipinski definition) is 1. The largest absolute Gasteiger partial charge is 0.496 e. The second-order valence-electron chi connectivity index (χ2n) is 6.01. The number of aliphatic imine (C=N–C) groups is 1. The van der Waals surface area contributed by atoms with Crippen LogP contribution in [-0.2, 0) is 6.18 Å². The molecule has 0 spiro atoms. The van der Waals surface area contributed by atoms with Gasteiger partial charge in [-0.1, -0.05) is 58.4 Å². The Morgan fingerprint density at radius 2 is 1.59 bits per heavy atom. The lowest BCUT2D eigenvalue weighted by Crippen LogP contribution is -2.11. The molecule has 0 radical (unpaired) electrons. The van der Waals surface area contributed by atoms with E-state index in [0.717, 1.165) is 23.3 Å². The maximum absolute atomic E-state index is 12.9. The summed E-state index contributed by atoms with van der Waals surface area (Å²) in [6, 6.07) is 10.8. The minimum Gasteiger partial charge on any atom is -0.496 e. The van der Waals surface area contributed by atoms with Gasteiger partial charge in [-0.2, -0.15) is 13.2 Å². The third kappa shape index (κ3) is 6.11. The van der Waals surface area contributed by atoms with Gasteiger partial charge in [0.05, 0.1) is 24.9 Å². The van der Waals surface area contributed by atoms with Crippen molar-refractivity contribution in [3.8, 4) is 5.75 Å². The minimum atomic E-state index is -4.43. The lowest BCUT2D eigenvalue weighted by molar-refractivity contribution is -0.137. The monoisotopic (exact) mass is 406 g/mol. The van der Waals surface area contributed by atoms with Crippen molar-refractivity contribution in [3.63, 3.8) is 0 Å². The summed E-state index contributed by atoms with van der Waals surface area (Å²) < 4.78 is 44.0. The summed E-state index contributed by atoms with van der Waals surface area (Å²) in [5, 5.41) is 0. The molecule has 0 unspecified atom stereocenters. The molecule has 1 aliphatic rings. The van der Waals surface area contributed by atoms with E-state index >= 15 is 0 Å². The summed E-state index contributed by atoms with van der Waals surface area (Å²) in [4.78, 5) is 4.48. The summed E-state index contributed by atoms with van der Waals surface area (Å²) in [6.07, 6.45) is -1.40. The summed E-state index contributed by atoms with van der Waals surface area (Å²) in [5.41, 5.74) is 8.51. The van der Waals surface area contributed by atoms with E-state index in [9.17, 15) is 13.2 Å². The number of benzene rings is 2. The molecule has 0 atom stereocenters. The Labute approximate surface area is 171 Å². The molecule has 29 heavy (non-hydrogen) atoms. The summed E-state index contributed by atoms with van der Waals surface area (Å²) in [6.45, 7) is 8.60. The lowest BCUT2D eigenvalue weighted by atomic mass is 9.95. The van der Waals surface area contributed by atoms with Gasteiger partial charge in [-0.3, -0.25) is 4.99 Å². The maximum atomic E-state index is 12.9. The number of alkyl halides is 3. The first-order valence-corrected chi connectivity index (χ1v) is 9.68. The average molecular weight is 406 g/mol. The molecule has 0 amide bonds. The van der Waals surface area contributed by atoms with Crippen LogP contribution < -0.4 is 10.5 Å². The fraction of sp³-hybridized carbons (Fsp3) is 0.348. The first-order valence-electron chi connectivity index (χ1n) is 9.68. The fourth-order valence-corrected chi connectivity index (χ4v) is 2.67. The Balaban J connectivity index is 0.000000771. The maximum Gasteiger partial charge on any atom is 0.416 e. The van der Waals surface area contributed by atoms with Crippen molar-refractivity contribution in [2.24, 2.45) is 10.7 Å². The van der Waals surface area contributed by atoms with Gasteiger partial charge in [0.15, 0.2) is 0 Å². The van der Waals surface area contributed by atoms with Crippen LogP contribution in [0.2, 0.25) is 0 Å². The van der Waals surface area contributed by atoms with Crippen LogP contribution in [0.1, 0.15) is 56.4 Å². The molecule has 158 valence electrons. The molecular weight excluding hydrogens is 377 g/mol. The molecule has 1 heterocycles. The number of hydrogen-bond acceptors (Lipinski definition) is 3. The van der Waals surface area contributed by atoms with Gasteiger partial charge in [0.1, 0.15) is 5.75 Å². The van der Waals surface area contributed by atoms with Crippen molar-refractivity contribution >= 4 is 11.4 Å². The third-order valence-electron chi connectivity index (χ3n) is 3.84. The molecule has 2 aromatic carbocycles. The highest BCUT2D eigenvalue weighted by atomic mass is 19.4. The van der Waals surface area contributed by atoms with Crippen LogP contribution in [0.3, 0.4) is 0 Å². The molecule has 3 rings (SSSR count). The van der Waals surface area contributed by atoms with Crippen molar-refractivity contribution in [3.05, 3.63) is 70.8 Å². The van der Waals surface area contributed by atoms with Gasteiger partial charge < -0.3 is 10.5 Å². The Kier molecular flexibility index (Phi) is 9.45. The number of fused-ring (bicyclic) bond motifs is 1. The number of nitrogens with zero attached hydrogens (tertiary/aromatic N) is 1. The van der Waals surface area contributed by atoms with E-state index in [-0.39, 0.29) is 5.75 Å². The second kappa shape index (κ2) is 11.3. The molecule has 2 N–H and O–H groups in total. The molecule has 1 aliphatic heterocycles. The van der Waals surface area contributed by atoms with E-state index < -0.39 is 11.7 Å². The summed E-state index contributed by atoms with van der Waals surface area (Å²) in [7, 11) is 1.34. The molecule has 0 aliphatic carbocycles. The van der Waals surface area contributed by atoms with Gasteiger partial charge in [-0.15, -0.1) is 0 Å². The molecule has 2 aromatic rings. The van der Waals surface area contributed by atoms with Crippen LogP contribution in [0.25, 0.3) is 5.70 Å². The Morgan fingerprint density at radius 1 is 1.00 bits per heavy atom. The highest BCUT2D eigenvalue weighted by Crippen LogP contribution is 2.34. The molecule has 0 saturated carbocycles. The Hall–Kier alpha value is -2.76. The molecule has 0 saturated heterocycles. The van der Waals surface area contributed by atoms with Crippen LogP contribution in [0.15, 0.2) is 53.5 Å². The molecular formula is C23H29F3N2O. The standard InChI is InChI=1S/C18H15F3N2O.C3H8.C2H6/c1-24-16-10-11(18(19,20)21)6-7-14(16)17-13-5-3-2-4-12(13)15(22)8-9-23-17;1-3-2;1-2/h2-8,10H,9,22H2,1H3;3H2,1-2H3;1-2H3. The highest BCUT2D eigenvalue weighted by Gasteiger charge is 2.32. The van der Waals surface area contributed by atoms with E-state index in [1.54, 1.807) is 6.08 Å². The molecule has 0 fully saturated rings. The summed E-state index contributed by atoms with van der Waals surface area (Å²) in [5.74, 6) is 0.124. The first-order chi connectivity index (χ1) is 13.8. The zero-order chi connectivity index (χ0) is 22.0. The van der Waals surface area contributed by atoms with Crippen LogP contribution in [0, 0.1) is 0 Å². The molecule has 6 heteroatoms. The second-order valence-corrected chi connectivity index (χ2v) is 6.01. The SMILES string of the molecule is CC.CCC.COc1cc(C(F)(F)F)ccc1C1=NCC=C(N)c2ccccc21. The smallest absolute Gasteiger partial charge is 0.416 e. The van der Waals surface area contributed by atoms with E-state index in [2.05, 4.69) is 18.8 Å². The number of rotatable bonds is 2. The van der Waals surface area contributed by atoms with Crippen molar-refractivity contribution in [1.82, 2.24) is 0 Å². The Morgan fingerprint density at radius 3 is 2.14 bits per heavy atom. The quantitative estimate of drug-likeness (QED) is 0.635. The predicted molar refractivity (Wildman–Crippen MR) is 114 cm³/mol. The van der Waals surface area contributed by atoms with Gasteiger partial charge >= 0.3 is 6.18 Å². The number of halogens is 3. The normalized spacial score (nSPS) is 12.7. The van der Waals surface area contributed by atoms with Crippen LogP contribution in [0.4, 0.5) is 13.2 Å². The summed E-state index contributed by atoms with van der Waals surface area (Å²) >= 11 is 0. The number of nitrogens with two attached hydrogens (primary N) is 1. The average Bonchev–Trinajstić information content (AvgIpc) is 2.88. The molecule has 0 bridgehead atoms. The van der Waals surface area contributed by atoms with Crippen LogP contribution in [-0.4, -0.2) is 19.4 Å². The van der Waals surface area contributed by atoms with Crippen LogP contribution >= 0.6 is 0 Å². The topological polar surface area (TPSA) is 47.6 Å². The van der Waals surface area contributed by atoms with E-state index in [0.29, 0.717) is 23.5 Å². The fourth-order valence-electron chi connectivity index (χ4n) is 2.67. The van der Waals surface area contributed by atoms with Gasteiger partial charge in [0.25, 0.3) is 0 Å². The highest BCUT2D eigenvalue weighted by molar-refractivity contribution is 6.17. The van der Waals surface area contributed by atoms with E-state index in [1.807, 2.05) is 38.1 Å². The molecule has 3 nitrogen and oxygen atoms in total. The third-order valence-corrected chi connectivity index (χ3v) is 3.84. The first kappa shape index (κ1) is 24.3. The molecule has 0 aromatic heterocycles. The van der Waals surface area contributed by atoms with Crippen molar-refractivity contribution in [2.75, 3.05) is 13.7 Å². The van der Waals surface area contributed by atoms with Gasteiger partial charge in [0.2, 0.25) is 0 Å². The van der Waals surface area contributed by atoms with Gasteiger partial charge in [-0.05, 0) is 24.3 Å². The zero-order valence-electron chi connectivity index (χ0n) is 17.6. The predicted octanol–water partition coefficient (Wildman–Crippen LogP) is 6.31. The number of ether oxygens (including phenoxy) is 1. The van der Waals surface area contributed by atoms with Crippen LogP contribution in [0.5, 0.6) is 5.75 Å². The number of methoxy groups -OCH3 is 1. The van der Waals surface area contributed by atoms with Gasteiger partial charge in [0, 0.05) is 22.4 Å². The lowest BCUT2D eigenvalue weighted by Gasteiger charge is -2.15. The van der Waals surface area contributed by atoms with Crippen molar-refractivity contribution in [1.29, 1.82) is 0 Å². The zero-order valence-corrected chi connectivity index (χ0v) is 17.6. The van der Waals surface area contributed by atoms with Gasteiger partial charge in [-0.25, -0.2) is 0 Å².